The molecule has 2 aromatic carbocycles. The number of nitrogens with two attached hydrogens (primary N) is 2. The Bertz CT molecular complexity index is 970. The van der Waals surface area contributed by atoms with Crippen molar-refractivity contribution < 1.29 is 17.9 Å². The largest absolute Gasteiger partial charge is 0.454 e. The number of anilines is 2. The zero-order valence-corrected chi connectivity index (χ0v) is 14.9. The van der Waals surface area contributed by atoms with Gasteiger partial charge in [0, 0.05) is 17.4 Å². The third-order valence-electron chi connectivity index (χ3n) is 3.27. The van der Waals surface area contributed by atoms with E-state index in [0.29, 0.717) is 22.3 Å². The van der Waals surface area contributed by atoms with E-state index < -0.39 is 16.0 Å². The minimum Gasteiger partial charge on any atom is -0.454 e. The van der Waals surface area contributed by atoms with E-state index in [1.807, 2.05) is 0 Å². The number of thiocarbonyl (C=S) groups is 1. The Morgan fingerprint density at radius 1 is 1.00 bits per heavy atom. The van der Waals surface area contributed by atoms with Crippen LogP contribution in [0.3, 0.4) is 0 Å². The van der Waals surface area contributed by atoms with Crippen LogP contribution in [0.15, 0.2) is 51.8 Å². The van der Waals surface area contributed by atoms with Gasteiger partial charge in [-0.05, 0) is 48.6 Å². The Kier molecular flexibility index (Phi) is 4.82. The van der Waals surface area contributed by atoms with Crippen LogP contribution in [-0.4, -0.2) is 26.3 Å². The first kappa shape index (κ1) is 17.8. The van der Waals surface area contributed by atoms with Crippen LogP contribution in [0.25, 0.3) is 0 Å². The van der Waals surface area contributed by atoms with E-state index in [4.69, 9.17) is 33.2 Å². The third kappa shape index (κ3) is 4.13. The van der Waals surface area contributed by atoms with Gasteiger partial charge >= 0.3 is 0 Å². The molecule has 1 aliphatic rings. The molecule has 6 N–H and O–H groups in total. The molecular formula is C15H15N5O4S2. The monoisotopic (exact) mass is 393 g/mol. The Balaban J connectivity index is 1.65. The maximum Gasteiger partial charge on any atom is 0.285 e. The summed E-state index contributed by atoms with van der Waals surface area (Å²) in [7, 11) is -3.92. The van der Waals surface area contributed by atoms with Crippen molar-refractivity contribution in [2.75, 3.05) is 17.4 Å². The van der Waals surface area contributed by atoms with Crippen LogP contribution < -0.4 is 31.6 Å². The van der Waals surface area contributed by atoms with Gasteiger partial charge in [0.15, 0.2) is 16.6 Å². The molecule has 0 radical (unpaired) electrons. The number of hydrogen-bond acceptors (Lipinski definition) is 5. The molecule has 26 heavy (non-hydrogen) atoms. The van der Waals surface area contributed by atoms with Gasteiger partial charge in [-0.3, -0.25) is 0 Å². The predicted octanol–water partition coefficient (Wildman–Crippen LogP) is 1.19. The van der Waals surface area contributed by atoms with Gasteiger partial charge in [-0.1, -0.05) is 0 Å². The maximum absolute atomic E-state index is 11.9. The highest BCUT2D eigenvalue weighted by Gasteiger charge is 2.14. The predicted molar refractivity (Wildman–Crippen MR) is 102 cm³/mol. The summed E-state index contributed by atoms with van der Waals surface area (Å²) < 4.78 is 37.5. The summed E-state index contributed by atoms with van der Waals surface area (Å²) in [4.78, 5) is -0.0360. The van der Waals surface area contributed by atoms with E-state index >= 15 is 0 Å². The zero-order chi connectivity index (χ0) is 18.7. The average molecular weight is 393 g/mol. The van der Waals surface area contributed by atoms with Gasteiger partial charge in [-0.15, -0.1) is 4.40 Å². The summed E-state index contributed by atoms with van der Waals surface area (Å²) in [5.74, 6) is 0.778. The first-order valence-electron chi connectivity index (χ1n) is 7.27. The minimum atomic E-state index is -3.92. The molecule has 136 valence electrons. The molecule has 0 saturated carbocycles. The lowest BCUT2D eigenvalue weighted by molar-refractivity contribution is 0.174. The summed E-state index contributed by atoms with van der Waals surface area (Å²) >= 11 is 5.24. The Morgan fingerprint density at radius 3 is 2.31 bits per heavy atom. The second kappa shape index (κ2) is 7.06. The first-order chi connectivity index (χ1) is 12.3. The number of nitrogens with zero attached hydrogens (tertiary/aromatic N) is 1. The van der Waals surface area contributed by atoms with Gasteiger partial charge in [0.05, 0.1) is 4.90 Å². The van der Waals surface area contributed by atoms with Gasteiger partial charge in [0.2, 0.25) is 12.8 Å². The number of fused-ring (bicyclic) bond motifs is 1. The second-order valence-electron chi connectivity index (χ2n) is 5.16. The summed E-state index contributed by atoms with van der Waals surface area (Å²) in [6.45, 7) is 0.191. The van der Waals surface area contributed by atoms with Crippen molar-refractivity contribution in [2.24, 2.45) is 15.9 Å². The number of rotatable bonds is 4. The fourth-order valence-corrected chi connectivity index (χ4v) is 3.27. The van der Waals surface area contributed by atoms with Crippen molar-refractivity contribution in [1.82, 2.24) is 0 Å². The number of benzene rings is 2. The number of sulfonamides is 1. The quantitative estimate of drug-likeness (QED) is 0.342. The molecular weight excluding hydrogens is 378 g/mol. The van der Waals surface area contributed by atoms with E-state index in [9.17, 15) is 8.42 Å². The molecule has 1 aliphatic heterocycles. The highest BCUT2D eigenvalue weighted by molar-refractivity contribution is 7.90. The number of ether oxygens (including phenoxy) is 2. The van der Waals surface area contributed by atoms with E-state index in [0.717, 1.165) is 5.69 Å². The molecule has 11 heteroatoms. The van der Waals surface area contributed by atoms with Crippen LogP contribution >= 0.6 is 12.2 Å². The molecule has 0 atom stereocenters. The normalized spacial score (nSPS) is 12.3. The summed E-state index contributed by atoms with van der Waals surface area (Å²) in [5, 5.41) is 6.27. The molecule has 0 saturated heterocycles. The third-order valence-corrected chi connectivity index (χ3v) is 4.79. The number of guanidine groups is 1. The number of nitrogens with one attached hydrogen (secondary N) is 2. The van der Waals surface area contributed by atoms with Crippen LogP contribution in [0.4, 0.5) is 11.4 Å². The highest BCUT2D eigenvalue weighted by Crippen LogP contribution is 2.34. The Morgan fingerprint density at radius 2 is 1.62 bits per heavy atom. The standard InChI is InChI=1S/C15H15N5O4S2/c16-14(17)20-26(21,22)11-4-1-9(2-5-11)18-15(25)19-10-3-6-12-13(7-10)24-8-23-12/h1-7H,8H2,(H4,16,17,20)(H2,18,19,25). The molecule has 0 bridgehead atoms. The minimum absolute atomic E-state index is 0.0360. The lowest BCUT2D eigenvalue weighted by Gasteiger charge is -2.11. The maximum atomic E-state index is 11.9. The van der Waals surface area contributed by atoms with Gasteiger partial charge in [-0.25, -0.2) is 0 Å². The lowest BCUT2D eigenvalue weighted by Crippen LogP contribution is -2.24. The molecule has 9 nitrogen and oxygen atoms in total. The average Bonchev–Trinajstić information content (AvgIpc) is 3.01. The van der Waals surface area contributed by atoms with Gasteiger partial charge in [0.25, 0.3) is 10.0 Å². The first-order valence-corrected chi connectivity index (χ1v) is 9.12. The molecule has 0 unspecified atom stereocenters. The van der Waals surface area contributed by atoms with Crippen LogP contribution in [0.5, 0.6) is 11.5 Å². The molecule has 0 fully saturated rings. The van der Waals surface area contributed by atoms with E-state index in [-0.39, 0.29) is 11.7 Å². The molecule has 0 aliphatic carbocycles. The molecule has 0 spiro atoms. The van der Waals surface area contributed by atoms with Crippen molar-refractivity contribution in [2.45, 2.75) is 4.90 Å². The van der Waals surface area contributed by atoms with Crippen molar-refractivity contribution >= 4 is 44.7 Å². The SMILES string of the molecule is NC(N)=NS(=O)(=O)c1ccc(NC(=S)Nc2ccc3c(c2)OCO3)cc1. The second-order valence-corrected chi connectivity index (χ2v) is 7.18. The van der Waals surface area contributed by atoms with Crippen LogP contribution in [-0.2, 0) is 10.0 Å². The fourth-order valence-electron chi connectivity index (χ4n) is 2.17. The van der Waals surface area contributed by atoms with E-state index in [1.165, 1.54) is 12.1 Å². The van der Waals surface area contributed by atoms with Crippen LogP contribution in [0.2, 0.25) is 0 Å². The highest BCUT2D eigenvalue weighted by atomic mass is 32.2. The van der Waals surface area contributed by atoms with Crippen molar-refractivity contribution in [3.63, 3.8) is 0 Å². The summed E-state index contributed by atoms with van der Waals surface area (Å²) in [5.41, 5.74) is 11.5. The topological polar surface area (TPSA) is 141 Å². The van der Waals surface area contributed by atoms with Crippen molar-refractivity contribution in [1.29, 1.82) is 0 Å². The molecule has 0 aromatic heterocycles. The molecule has 1 heterocycles. The lowest BCUT2D eigenvalue weighted by atomic mass is 10.3. The fraction of sp³-hybridized carbons (Fsp3) is 0.0667. The smallest absolute Gasteiger partial charge is 0.285 e. The molecule has 2 aromatic rings. The zero-order valence-electron chi connectivity index (χ0n) is 13.3. The number of hydrogen-bond donors (Lipinski definition) is 4. The van der Waals surface area contributed by atoms with Crippen molar-refractivity contribution in [3.05, 3.63) is 42.5 Å². The van der Waals surface area contributed by atoms with Crippen molar-refractivity contribution in [3.8, 4) is 11.5 Å². The van der Waals surface area contributed by atoms with E-state index in [1.54, 1.807) is 30.3 Å². The Hall–Kier alpha value is -3.05. The molecule has 3 rings (SSSR count). The van der Waals surface area contributed by atoms with Gasteiger partial charge in [0.1, 0.15) is 0 Å². The van der Waals surface area contributed by atoms with Gasteiger partial charge in [-0.2, -0.15) is 8.42 Å². The summed E-state index contributed by atoms with van der Waals surface area (Å²) in [6, 6.07) is 11.2. The molecule has 0 amide bonds. The van der Waals surface area contributed by atoms with Crippen LogP contribution in [0.1, 0.15) is 0 Å². The van der Waals surface area contributed by atoms with E-state index in [2.05, 4.69) is 15.0 Å². The van der Waals surface area contributed by atoms with Gasteiger partial charge < -0.3 is 31.6 Å². The summed E-state index contributed by atoms with van der Waals surface area (Å²) in [6.07, 6.45) is 0. The Labute approximate surface area is 155 Å². The van der Waals surface area contributed by atoms with Crippen LogP contribution in [0, 0.1) is 0 Å².